The van der Waals surface area contributed by atoms with Gasteiger partial charge in [0, 0.05) is 10.6 Å². The van der Waals surface area contributed by atoms with E-state index in [1.54, 1.807) is 54.6 Å². The van der Waals surface area contributed by atoms with Crippen molar-refractivity contribution in [2.75, 3.05) is 10.2 Å². The fourth-order valence-corrected chi connectivity index (χ4v) is 3.82. The van der Waals surface area contributed by atoms with Crippen molar-refractivity contribution in [3.8, 4) is 6.07 Å². The molecule has 0 saturated carbocycles. The van der Waals surface area contributed by atoms with E-state index in [4.69, 9.17) is 23.2 Å². The van der Waals surface area contributed by atoms with Crippen LogP contribution in [-0.4, -0.2) is 11.8 Å². The number of nitrogens with zero attached hydrogens (tertiary/aromatic N) is 2. The summed E-state index contributed by atoms with van der Waals surface area (Å²) in [6.07, 6.45) is 0. The maximum atomic E-state index is 13.4. The highest BCUT2D eigenvalue weighted by atomic mass is 35.5. The van der Waals surface area contributed by atoms with Gasteiger partial charge in [-0.3, -0.25) is 9.59 Å². The Kier molecular flexibility index (Phi) is 5.77. The molecule has 31 heavy (non-hydrogen) atoms. The predicted molar refractivity (Wildman–Crippen MR) is 122 cm³/mol. The molecule has 0 radical (unpaired) electrons. The van der Waals surface area contributed by atoms with E-state index in [0.717, 1.165) is 5.56 Å². The molecule has 5 nitrogen and oxygen atoms in total. The van der Waals surface area contributed by atoms with E-state index in [0.29, 0.717) is 27.0 Å². The summed E-state index contributed by atoms with van der Waals surface area (Å²) in [4.78, 5) is 27.8. The van der Waals surface area contributed by atoms with Crippen molar-refractivity contribution in [2.45, 2.75) is 6.54 Å². The molecule has 2 amide bonds. The van der Waals surface area contributed by atoms with Gasteiger partial charge in [-0.1, -0.05) is 71.7 Å². The highest BCUT2D eigenvalue weighted by Crippen LogP contribution is 2.40. The Morgan fingerprint density at radius 1 is 0.935 bits per heavy atom. The van der Waals surface area contributed by atoms with Crippen LogP contribution < -0.4 is 10.2 Å². The maximum absolute atomic E-state index is 13.4. The van der Waals surface area contributed by atoms with Crippen LogP contribution in [-0.2, 0) is 16.1 Å². The van der Waals surface area contributed by atoms with E-state index < -0.39 is 11.8 Å². The van der Waals surface area contributed by atoms with Gasteiger partial charge in [-0.25, -0.2) is 0 Å². The zero-order valence-electron chi connectivity index (χ0n) is 16.1. The van der Waals surface area contributed by atoms with Crippen LogP contribution in [0.5, 0.6) is 0 Å². The molecule has 0 aromatic heterocycles. The molecule has 7 heteroatoms. The molecule has 1 aliphatic heterocycles. The molecule has 0 bridgehead atoms. The third kappa shape index (κ3) is 3.91. The maximum Gasteiger partial charge on any atom is 0.267 e. The van der Waals surface area contributed by atoms with Crippen molar-refractivity contribution in [3.05, 3.63) is 99.5 Å². The molecule has 0 spiro atoms. The first-order chi connectivity index (χ1) is 15.0. The Balaban J connectivity index is 1.76. The zero-order valence-corrected chi connectivity index (χ0v) is 17.6. The summed E-state index contributed by atoms with van der Waals surface area (Å²) in [6, 6.07) is 22.8. The number of halogens is 2. The summed E-state index contributed by atoms with van der Waals surface area (Å²) in [6.45, 7) is 0.212. The lowest BCUT2D eigenvalue weighted by molar-refractivity contribution is -0.114. The number of para-hydroxylation sites is 2. The molecule has 0 unspecified atom stereocenters. The van der Waals surface area contributed by atoms with Gasteiger partial charge >= 0.3 is 0 Å². The third-order valence-electron chi connectivity index (χ3n) is 4.92. The summed E-state index contributed by atoms with van der Waals surface area (Å²) in [7, 11) is 0. The van der Waals surface area contributed by atoms with Crippen molar-refractivity contribution in [3.63, 3.8) is 0 Å². The number of carbonyl (C=O) groups is 2. The van der Waals surface area contributed by atoms with Crippen LogP contribution in [0, 0.1) is 11.3 Å². The Morgan fingerprint density at radius 3 is 2.29 bits per heavy atom. The molecular weight excluding hydrogens is 433 g/mol. The number of rotatable bonds is 4. The lowest BCUT2D eigenvalue weighted by Crippen LogP contribution is -2.27. The molecule has 4 rings (SSSR count). The van der Waals surface area contributed by atoms with Gasteiger partial charge in [-0.2, -0.15) is 5.26 Å². The molecular formula is C24H15Cl2N3O2. The van der Waals surface area contributed by atoms with Gasteiger partial charge in [-0.15, -0.1) is 0 Å². The average Bonchev–Trinajstić information content (AvgIpc) is 3.04. The van der Waals surface area contributed by atoms with Gasteiger partial charge in [-0.05, 0) is 29.8 Å². The summed E-state index contributed by atoms with van der Waals surface area (Å²) in [5.74, 6) is -1.14. The number of nitriles is 1. The molecule has 1 aliphatic rings. The fraction of sp³-hybridized carbons (Fsp3) is 0.0417. The number of nitrogens with one attached hydrogen (secondary N) is 1. The van der Waals surface area contributed by atoms with Crippen LogP contribution in [0.3, 0.4) is 0 Å². The van der Waals surface area contributed by atoms with Crippen molar-refractivity contribution in [2.24, 2.45) is 0 Å². The number of hydrogen-bond donors (Lipinski definition) is 1. The van der Waals surface area contributed by atoms with Crippen molar-refractivity contribution < 1.29 is 9.59 Å². The van der Waals surface area contributed by atoms with E-state index in [-0.39, 0.29) is 17.7 Å². The molecule has 0 fully saturated rings. The summed E-state index contributed by atoms with van der Waals surface area (Å²) in [5, 5.41) is 13.3. The Morgan fingerprint density at radius 2 is 1.58 bits per heavy atom. The van der Waals surface area contributed by atoms with Crippen LogP contribution in [0.2, 0.25) is 10.0 Å². The first kappa shape index (κ1) is 20.7. The molecule has 1 heterocycles. The van der Waals surface area contributed by atoms with Gasteiger partial charge in [0.05, 0.1) is 28.5 Å². The number of amides is 2. The molecule has 0 saturated heterocycles. The Hall–Kier alpha value is -3.59. The SMILES string of the molecule is N#CC(C(=O)Nc1ccccc1Cl)=C1C(=O)N(Cc2ccccc2Cl)c2ccccc21. The number of carbonyl (C=O) groups excluding carboxylic acids is 2. The second-order valence-electron chi connectivity index (χ2n) is 6.80. The summed E-state index contributed by atoms with van der Waals surface area (Å²) < 4.78 is 0. The van der Waals surface area contributed by atoms with Crippen molar-refractivity contribution >= 4 is 52.0 Å². The van der Waals surface area contributed by atoms with Gasteiger partial charge in [0.25, 0.3) is 11.8 Å². The second-order valence-corrected chi connectivity index (χ2v) is 7.61. The fourth-order valence-electron chi connectivity index (χ4n) is 3.44. The third-order valence-corrected chi connectivity index (χ3v) is 5.62. The highest BCUT2D eigenvalue weighted by molar-refractivity contribution is 6.38. The standard InChI is InChI=1S/C24H15Cl2N3O2/c25-18-9-3-1-7-15(18)14-29-21-12-6-2-8-16(21)22(24(29)31)17(13-27)23(30)28-20-11-5-4-10-19(20)26/h1-12H,14H2,(H,28,30). The molecule has 3 aromatic rings. The van der Waals surface area contributed by atoms with Gasteiger partial charge < -0.3 is 10.2 Å². The minimum absolute atomic E-state index is 0.0507. The summed E-state index contributed by atoms with van der Waals surface area (Å²) in [5.41, 5.74) is 2.02. The Bertz CT molecular complexity index is 1280. The first-order valence-corrected chi connectivity index (χ1v) is 10.1. The van der Waals surface area contributed by atoms with E-state index in [1.165, 1.54) is 4.90 Å². The minimum Gasteiger partial charge on any atom is -0.320 e. The number of benzene rings is 3. The van der Waals surface area contributed by atoms with E-state index in [9.17, 15) is 14.9 Å². The van der Waals surface area contributed by atoms with E-state index >= 15 is 0 Å². The van der Waals surface area contributed by atoms with Crippen LogP contribution in [0.1, 0.15) is 11.1 Å². The molecule has 1 N–H and O–H groups in total. The predicted octanol–water partition coefficient (Wildman–Crippen LogP) is 5.46. The topological polar surface area (TPSA) is 73.2 Å². The van der Waals surface area contributed by atoms with E-state index in [1.807, 2.05) is 24.3 Å². The van der Waals surface area contributed by atoms with Gasteiger partial charge in [0.2, 0.25) is 0 Å². The number of anilines is 2. The second kappa shape index (κ2) is 8.65. The number of fused-ring (bicyclic) bond motifs is 1. The largest absolute Gasteiger partial charge is 0.320 e. The molecule has 0 aliphatic carbocycles. The lowest BCUT2D eigenvalue weighted by atomic mass is 10.0. The van der Waals surface area contributed by atoms with E-state index in [2.05, 4.69) is 5.32 Å². The van der Waals surface area contributed by atoms with Crippen LogP contribution in [0.25, 0.3) is 5.57 Å². The quantitative estimate of drug-likeness (QED) is 0.426. The molecule has 0 atom stereocenters. The number of hydrogen-bond acceptors (Lipinski definition) is 3. The first-order valence-electron chi connectivity index (χ1n) is 9.36. The highest BCUT2D eigenvalue weighted by Gasteiger charge is 2.36. The average molecular weight is 448 g/mol. The molecule has 152 valence electrons. The van der Waals surface area contributed by atoms with Crippen molar-refractivity contribution in [1.82, 2.24) is 0 Å². The van der Waals surface area contributed by atoms with Crippen LogP contribution >= 0.6 is 23.2 Å². The monoisotopic (exact) mass is 447 g/mol. The Labute approximate surface area is 189 Å². The van der Waals surface area contributed by atoms with Crippen molar-refractivity contribution in [1.29, 1.82) is 5.26 Å². The van der Waals surface area contributed by atoms with Gasteiger partial charge in [0.1, 0.15) is 11.6 Å². The van der Waals surface area contributed by atoms with Crippen LogP contribution in [0.4, 0.5) is 11.4 Å². The summed E-state index contributed by atoms with van der Waals surface area (Å²) >= 11 is 12.4. The minimum atomic E-state index is -0.701. The van der Waals surface area contributed by atoms with Gasteiger partial charge in [0.15, 0.2) is 0 Å². The smallest absolute Gasteiger partial charge is 0.267 e. The van der Waals surface area contributed by atoms with Crippen LogP contribution in [0.15, 0.2) is 78.4 Å². The zero-order chi connectivity index (χ0) is 22.0. The normalized spacial score (nSPS) is 14.1. The lowest BCUT2D eigenvalue weighted by Gasteiger charge is -2.18. The molecule has 3 aromatic carbocycles.